The van der Waals surface area contributed by atoms with E-state index in [9.17, 15) is 13.9 Å². The third-order valence-electron chi connectivity index (χ3n) is 2.60. The lowest BCUT2D eigenvalue weighted by Crippen LogP contribution is -2.47. The van der Waals surface area contributed by atoms with Crippen LogP contribution in [0.2, 0.25) is 0 Å². The Morgan fingerprint density at radius 3 is 2.81 bits per heavy atom. The van der Waals surface area contributed by atoms with Gasteiger partial charge >= 0.3 is 0 Å². The summed E-state index contributed by atoms with van der Waals surface area (Å²) in [5.74, 6) is 0. The summed E-state index contributed by atoms with van der Waals surface area (Å²) in [6.07, 6.45) is -4.93. The average molecular weight is 252 g/mol. The highest BCUT2D eigenvalue weighted by atomic mass is 32.2. The zero-order chi connectivity index (χ0) is 11.9. The van der Waals surface area contributed by atoms with Crippen LogP contribution in [0.3, 0.4) is 0 Å². The summed E-state index contributed by atoms with van der Waals surface area (Å²) in [6, 6.07) is -0.215. The summed E-state index contributed by atoms with van der Waals surface area (Å²) in [7, 11) is 3.67. The lowest BCUT2D eigenvalue weighted by molar-refractivity contribution is -0.152. The molecule has 1 fully saturated rings. The number of ether oxygens (including phenoxy) is 1. The standard InChI is InChI=1S/C9H14F2N2O2S/c1-13(2)9-12-4-3-5(14)6(7(10)11)15-8(4)16-9/h4-8,14H,3H2,1-2H3/t4-,5+,6+,8-/m1/s1. The Kier molecular flexibility index (Phi) is 3.37. The number of hydrogen-bond donors (Lipinski definition) is 1. The molecule has 1 saturated heterocycles. The molecular weight excluding hydrogens is 238 g/mol. The molecule has 0 aromatic carbocycles. The van der Waals surface area contributed by atoms with Gasteiger partial charge in [-0.3, -0.25) is 4.99 Å². The van der Waals surface area contributed by atoms with Crippen molar-refractivity contribution in [1.29, 1.82) is 0 Å². The second kappa shape index (κ2) is 4.46. The largest absolute Gasteiger partial charge is 0.390 e. The van der Waals surface area contributed by atoms with Crippen molar-refractivity contribution in [3.05, 3.63) is 0 Å². The Morgan fingerprint density at radius 1 is 1.56 bits per heavy atom. The molecule has 92 valence electrons. The molecule has 0 amide bonds. The van der Waals surface area contributed by atoms with E-state index in [2.05, 4.69) is 4.99 Å². The third kappa shape index (κ3) is 2.16. The molecule has 2 aliphatic rings. The van der Waals surface area contributed by atoms with Crippen LogP contribution in [0.15, 0.2) is 4.99 Å². The Morgan fingerprint density at radius 2 is 2.25 bits per heavy atom. The SMILES string of the molecule is CN(C)C1=N[C@@H]2C[C@H](O)[C@@H](C(F)F)O[C@@H]2S1. The van der Waals surface area contributed by atoms with Crippen molar-refractivity contribution in [2.45, 2.75) is 36.5 Å². The van der Waals surface area contributed by atoms with E-state index in [1.165, 1.54) is 11.8 Å². The molecule has 0 saturated carbocycles. The van der Waals surface area contributed by atoms with Gasteiger partial charge in [-0.05, 0) is 0 Å². The number of fused-ring (bicyclic) bond motifs is 1. The van der Waals surface area contributed by atoms with Crippen molar-refractivity contribution in [2.75, 3.05) is 14.1 Å². The lowest BCUT2D eigenvalue weighted by Gasteiger charge is -2.33. The summed E-state index contributed by atoms with van der Waals surface area (Å²) in [4.78, 5) is 6.14. The van der Waals surface area contributed by atoms with Gasteiger partial charge in [-0.1, -0.05) is 11.8 Å². The van der Waals surface area contributed by atoms with E-state index in [0.29, 0.717) is 0 Å². The van der Waals surface area contributed by atoms with E-state index in [0.717, 1.165) is 5.17 Å². The third-order valence-corrected chi connectivity index (χ3v) is 3.94. The first-order chi connectivity index (χ1) is 7.49. The van der Waals surface area contributed by atoms with Crippen molar-refractivity contribution >= 4 is 16.9 Å². The predicted octanol–water partition coefficient (Wildman–Crippen LogP) is 0.760. The van der Waals surface area contributed by atoms with Crippen molar-refractivity contribution in [3.8, 4) is 0 Å². The minimum absolute atomic E-state index is 0.215. The maximum Gasteiger partial charge on any atom is 0.266 e. The van der Waals surface area contributed by atoms with Gasteiger partial charge in [0, 0.05) is 20.5 Å². The molecule has 4 atom stereocenters. The van der Waals surface area contributed by atoms with Crippen molar-refractivity contribution in [2.24, 2.45) is 4.99 Å². The molecular formula is C9H14F2N2O2S. The molecule has 0 aromatic rings. The fourth-order valence-electron chi connectivity index (χ4n) is 1.77. The zero-order valence-corrected chi connectivity index (χ0v) is 9.82. The van der Waals surface area contributed by atoms with Crippen LogP contribution in [0.5, 0.6) is 0 Å². The highest BCUT2D eigenvalue weighted by Gasteiger charge is 2.45. The van der Waals surface area contributed by atoms with Gasteiger partial charge in [0.25, 0.3) is 6.43 Å². The number of hydrogen-bond acceptors (Lipinski definition) is 5. The maximum absolute atomic E-state index is 12.5. The first kappa shape index (κ1) is 12.1. The van der Waals surface area contributed by atoms with Gasteiger partial charge in [-0.15, -0.1) is 0 Å². The first-order valence-corrected chi connectivity index (χ1v) is 5.90. The van der Waals surface area contributed by atoms with Gasteiger partial charge in [0.2, 0.25) is 0 Å². The van der Waals surface area contributed by atoms with E-state index < -0.39 is 18.6 Å². The number of amidine groups is 1. The molecule has 0 aromatic heterocycles. The topological polar surface area (TPSA) is 45.1 Å². The van der Waals surface area contributed by atoms with E-state index in [-0.39, 0.29) is 17.9 Å². The molecule has 0 unspecified atom stereocenters. The molecule has 4 nitrogen and oxygen atoms in total. The molecule has 2 rings (SSSR count). The van der Waals surface area contributed by atoms with Gasteiger partial charge in [0.05, 0.1) is 12.1 Å². The number of thioether (sulfide) groups is 1. The van der Waals surface area contributed by atoms with Gasteiger partial charge in [0.15, 0.2) is 5.17 Å². The van der Waals surface area contributed by atoms with Gasteiger partial charge in [-0.2, -0.15) is 0 Å². The quantitative estimate of drug-likeness (QED) is 0.748. The summed E-state index contributed by atoms with van der Waals surface area (Å²) < 4.78 is 30.3. The second-order valence-corrected chi connectivity index (χ2v) is 5.16. The average Bonchev–Trinajstić information content (AvgIpc) is 2.58. The molecule has 16 heavy (non-hydrogen) atoms. The van der Waals surface area contributed by atoms with Crippen LogP contribution >= 0.6 is 11.8 Å². The fraction of sp³-hybridized carbons (Fsp3) is 0.889. The van der Waals surface area contributed by atoms with Crippen LogP contribution < -0.4 is 0 Å². The summed E-state index contributed by atoms with van der Waals surface area (Å²) in [5, 5.41) is 10.3. The Balaban J connectivity index is 2.05. The summed E-state index contributed by atoms with van der Waals surface area (Å²) in [5.41, 5.74) is -0.389. The molecule has 0 radical (unpaired) electrons. The van der Waals surface area contributed by atoms with Crippen LogP contribution in [-0.2, 0) is 4.74 Å². The molecule has 0 aliphatic carbocycles. The van der Waals surface area contributed by atoms with Crippen molar-refractivity contribution in [3.63, 3.8) is 0 Å². The number of alkyl halides is 2. The first-order valence-electron chi connectivity index (χ1n) is 5.02. The van der Waals surface area contributed by atoms with Crippen LogP contribution in [0, 0.1) is 0 Å². The monoisotopic (exact) mass is 252 g/mol. The minimum Gasteiger partial charge on any atom is -0.390 e. The number of aliphatic imine (C=N–C) groups is 1. The Labute approximate surface area is 96.7 Å². The van der Waals surface area contributed by atoms with Crippen LogP contribution in [0.4, 0.5) is 8.78 Å². The van der Waals surface area contributed by atoms with Gasteiger partial charge in [-0.25, -0.2) is 8.78 Å². The number of nitrogens with zero attached hydrogens (tertiary/aromatic N) is 2. The molecule has 7 heteroatoms. The second-order valence-electron chi connectivity index (χ2n) is 4.10. The molecule has 0 bridgehead atoms. The van der Waals surface area contributed by atoms with Gasteiger partial charge in [0.1, 0.15) is 11.5 Å². The summed E-state index contributed by atoms with van der Waals surface area (Å²) >= 11 is 1.34. The molecule has 2 aliphatic heterocycles. The number of rotatable bonds is 1. The Bertz CT molecular complexity index is 301. The maximum atomic E-state index is 12.5. The van der Waals surface area contributed by atoms with E-state index in [1.807, 2.05) is 19.0 Å². The highest BCUT2D eigenvalue weighted by molar-refractivity contribution is 8.14. The van der Waals surface area contributed by atoms with E-state index in [1.54, 1.807) is 0 Å². The molecule has 1 N–H and O–H groups in total. The number of aliphatic hydroxyl groups excluding tert-OH is 1. The zero-order valence-electron chi connectivity index (χ0n) is 9.01. The lowest BCUT2D eigenvalue weighted by atomic mass is 10.0. The van der Waals surface area contributed by atoms with Crippen LogP contribution in [-0.4, -0.2) is 59.4 Å². The van der Waals surface area contributed by atoms with Crippen LogP contribution in [0.25, 0.3) is 0 Å². The molecule has 0 spiro atoms. The molecule has 2 heterocycles. The predicted molar refractivity (Wildman–Crippen MR) is 57.8 cm³/mol. The number of aliphatic hydroxyl groups is 1. The Hall–Kier alpha value is -0.400. The van der Waals surface area contributed by atoms with Gasteiger partial charge < -0.3 is 14.7 Å². The van der Waals surface area contributed by atoms with Crippen molar-refractivity contribution < 1.29 is 18.6 Å². The normalized spacial score (nSPS) is 38.5. The van der Waals surface area contributed by atoms with E-state index >= 15 is 0 Å². The fourth-order valence-corrected chi connectivity index (χ4v) is 2.90. The van der Waals surface area contributed by atoms with Crippen LogP contribution in [0.1, 0.15) is 6.42 Å². The van der Waals surface area contributed by atoms with Crippen molar-refractivity contribution in [1.82, 2.24) is 4.90 Å². The number of halogens is 2. The minimum atomic E-state index is -2.65. The van der Waals surface area contributed by atoms with E-state index in [4.69, 9.17) is 4.74 Å². The summed E-state index contributed by atoms with van der Waals surface area (Å²) in [6.45, 7) is 0. The smallest absolute Gasteiger partial charge is 0.266 e. The highest BCUT2D eigenvalue weighted by Crippen LogP contribution is 2.37.